The molecule has 1 rings (SSSR count). The molecule has 0 aliphatic heterocycles. The van der Waals surface area contributed by atoms with Crippen LogP contribution < -0.4 is 10.7 Å². The molecule has 1 heterocycles. The Morgan fingerprint density at radius 2 is 1.67 bits per heavy atom. The number of carbonyl (C=O) groups is 2. The van der Waals surface area contributed by atoms with E-state index in [1.165, 1.54) is 12.3 Å². The lowest BCUT2D eigenvalue weighted by molar-refractivity contribution is -0.121. The average Bonchev–Trinajstić information content (AvgIpc) is 3.20. The summed E-state index contributed by atoms with van der Waals surface area (Å²) < 4.78 is 4.91. The van der Waals surface area contributed by atoms with Crippen molar-refractivity contribution in [3.63, 3.8) is 0 Å². The minimum atomic E-state index is -0.444. The van der Waals surface area contributed by atoms with Crippen LogP contribution in [0, 0.1) is 11.8 Å². The molecule has 0 fully saturated rings. The van der Waals surface area contributed by atoms with Crippen molar-refractivity contribution in [3.05, 3.63) is 66.0 Å². The molecule has 30 heavy (non-hydrogen) atoms. The summed E-state index contributed by atoms with van der Waals surface area (Å²) in [5, 5.41) is 6.66. The minimum absolute atomic E-state index is 0.135. The van der Waals surface area contributed by atoms with Crippen LogP contribution in [-0.2, 0) is 4.79 Å². The fourth-order valence-corrected chi connectivity index (χ4v) is 1.46. The van der Waals surface area contributed by atoms with Crippen molar-refractivity contribution < 1.29 is 14.0 Å². The number of nitrogens with zero attached hydrogens (tertiary/aromatic N) is 1. The molecule has 1 aromatic rings. The predicted molar refractivity (Wildman–Crippen MR) is 120 cm³/mol. The number of furan rings is 1. The molecule has 0 atom stereocenters. The van der Waals surface area contributed by atoms with Crippen molar-refractivity contribution in [2.75, 3.05) is 0 Å². The summed E-state index contributed by atoms with van der Waals surface area (Å²) in [4.78, 5) is 23.1. The van der Waals surface area contributed by atoms with Crippen molar-refractivity contribution >= 4 is 17.5 Å². The molecule has 2 N–H and O–H groups in total. The highest BCUT2D eigenvalue weighted by Gasteiger charge is 2.14. The van der Waals surface area contributed by atoms with Crippen LogP contribution in [0.4, 0.5) is 0 Å². The molecule has 0 radical (unpaired) electrons. The number of carbonyl (C=O) groups excluding carboxylic acids is 2. The zero-order chi connectivity index (χ0) is 23.4. The van der Waals surface area contributed by atoms with Gasteiger partial charge < -0.3 is 9.73 Å². The van der Waals surface area contributed by atoms with Crippen LogP contribution in [0.15, 0.2) is 69.7 Å². The van der Waals surface area contributed by atoms with E-state index < -0.39 is 5.91 Å². The lowest BCUT2D eigenvalue weighted by Crippen LogP contribution is -2.41. The molecule has 1 aromatic heterocycles. The third-order valence-electron chi connectivity index (χ3n) is 2.58. The van der Waals surface area contributed by atoms with Gasteiger partial charge in [0.1, 0.15) is 0 Å². The summed E-state index contributed by atoms with van der Waals surface area (Å²) in [7, 11) is 0. The molecule has 0 spiro atoms. The Bertz CT molecular complexity index is 910. The van der Waals surface area contributed by atoms with Crippen molar-refractivity contribution in [3.8, 4) is 11.8 Å². The van der Waals surface area contributed by atoms with Gasteiger partial charge in [0.15, 0.2) is 5.76 Å². The van der Waals surface area contributed by atoms with Crippen molar-refractivity contribution in [2.24, 2.45) is 5.10 Å². The first-order valence-electron chi connectivity index (χ1n) is 8.91. The summed E-state index contributed by atoms with van der Waals surface area (Å²) in [5.74, 6) is 4.96. The maximum atomic E-state index is 11.6. The monoisotopic (exact) mass is 407 g/mol. The van der Waals surface area contributed by atoms with Crippen LogP contribution in [0.2, 0.25) is 0 Å². The number of amides is 2. The van der Waals surface area contributed by atoms with Gasteiger partial charge in [0.2, 0.25) is 5.91 Å². The van der Waals surface area contributed by atoms with Gasteiger partial charge >= 0.3 is 5.91 Å². The summed E-state index contributed by atoms with van der Waals surface area (Å²) in [5.41, 5.74) is 14.6. The van der Waals surface area contributed by atoms with Crippen LogP contribution in [0.3, 0.4) is 0 Å². The molecule has 0 saturated carbocycles. The van der Waals surface area contributed by atoms with Gasteiger partial charge in [0, 0.05) is 11.3 Å². The van der Waals surface area contributed by atoms with Gasteiger partial charge in [-0.2, -0.15) is 5.10 Å². The third kappa shape index (κ3) is 18.9. The Balaban J connectivity index is 0. The summed E-state index contributed by atoms with van der Waals surface area (Å²) in [6, 6.07) is 3.15. The van der Waals surface area contributed by atoms with Gasteiger partial charge in [0.25, 0.3) is 0 Å². The first-order valence-corrected chi connectivity index (χ1v) is 8.91. The second-order valence-corrected chi connectivity index (χ2v) is 6.47. The topological polar surface area (TPSA) is 83.7 Å². The van der Waals surface area contributed by atoms with Gasteiger partial charge in [0.05, 0.1) is 12.7 Å². The molecule has 0 unspecified atom stereocenters. The van der Waals surface area contributed by atoms with E-state index in [0.29, 0.717) is 5.71 Å². The van der Waals surface area contributed by atoms with Crippen molar-refractivity contribution in [2.45, 2.75) is 53.5 Å². The highest BCUT2D eigenvalue weighted by Crippen LogP contribution is 2.01. The molecule has 0 aliphatic rings. The third-order valence-corrected chi connectivity index (χ3v) is 2.58. The Morgan fingerprint density at radius 3 is 2.07 bits per heavy atom. The predicted octanol–water partition coefficient (Wildman–Crippen LogP) is 4.30. The van der Waals surface area contributed by atoms with Crippen LogP contribution in [0.25, 0.3) is 0 Å². The standard InChI is InChI=1S/C13H19N3O3.C7H4.C4H6/c1-9(8-11(17)14-13(2,3)4)15-16-12(18)10-6-5-7-19-10;1-3-5-7-6-4-2;1-3-4-2/h5-7H,8H2,1-4H3,(H,14,17)(H,16,18);1-2H2;1-2H3/b15-9+;;. The Morgan fingerprint density at radius 1 is 1.10 bits per heavy atom. The zero-order valence-electron chi connectivity index (χ0n) is 18.5. The van der Waals surface area contributed by atoms with Crippen LogP contribution in [0.1, 0.15) is 58.5 Å². The lowest BCUT2D eigenvalue weighted by atomic mass is 10.1. The van der Waals surface area contributed by atoms with Crippen molar-refractivity contribution in [1.29, 1.82) is 0 Å². The van der Waals surface area contributed by atoms with Gasteiger partial charge in [-0.1, -0.05) is 11.5 Å². The molecule has 2 amide bonds. The van der Waals surface area contributed by atoms with E-state index in [4.69, 9.17) is 4.42 Å². The average molecular weight is 408 g/mol. The fourth-order valence-electron chi connectivity index (χ4n) is 1.46. The largest absolute Gasteiger partial charge is 0.459 e. The molecule has 0 aliphatic carbocycles. The zero-order valence-corrected chi connectivity index (χ0v) is 18.5. The quantitative estimate of drug-likeness (QED) is 0.338. The first-order chi connectivity index (χ1) is 14.1. The fraction of sp³-hybridized carbons (Fsp3) is 0.333. The van der Waals surface area contributed by atoms with E-state index >= 15 is 0 Å². The maximum absolute atomic E-state index is 11.6. The second kappa shape index (κ2) is 17.2. The molecule has 0 aromatic carbocycles. The highest BCUT2D eigenvalue weighted by molar-refractivity contribution is 6.01. The summed E-state index contributed by atoms with van der Waals surface area (Å²) in [6.07, 6.45) is 1.54. The van der Waals surface area contributed by atoms with Crippen LogP contribution >= 0.6 is 0 Å². The number of hydrogen-bond acceptors (Lipinski definition) is 4. The Kier molecular flexibility index (Phi) is 16.2. The van der Waals surface area contributed by atoms with E-state index in [9.17, 15) is 9.59 Å². The van der Waals surface area contributed by atoms with Crippen molar-refractivity contribution in [1.82, 2.24) is 10.7 Å². The highest BCUT2D eigenvalue weighted by atomic mass is 16.3. The van der Waals surface area contributed by atoms with E-state index in [1.54, 1.807) is 13.0 Å². The Hall–Kier alpha value is -3.91. The van der Waals surface area contributed by atoms with Gasteiger partial charge in [-0.15, -0.1) is 11.8 Å². The summed E-state index contributed by atoms with van der Waals surface area (Å²) in [6.45, 7) is 17.5. The molecular formula is C24H29N3O3. The van der Waals surface area contributed by atoms with Gasteiger partial charge in [-0.25, -0.2) is 5.43 Å². The van der Waals surface area contributed by atoms with E-state index in [0.717, 1.165) is 0 Å². The number of hydrazone groups is 1. The minimum Gasteiger partial charge on any atom is -0.459 e. The van der Waals surface area contributed by atoms with Crippen LogP contribution in [-0.4, -0.2) is 23.1 Å². The molecule has 158 valence electrons. The lowest BCUT2D eigenvalue weighted by Gasteiger charge is -2.20. The molecule has 0 bridgehead atoms. The first kappa shape index (κ1) is 28.3. The maximum Gasteiger partial charge on any atom is 0.307 e. The van der Waals surface area contributed by atoms with E-state index in [-0.39, 0.29) is 23.6 Å². The Labute approximate surface area is 179 Å². The van der Waals surface area contributed by atoms with Crippen LogP contribution in [0.5, 0.6) is 0 Å². The number of rotatable bonds is 4. The number of hydrogen-bond donors (Lipinski definition) is 2. The number of nitrogens with one attached hydrogen (secondary N) is 2. The summed E-state index contributed by atoms with van der Waals surface area (Å²) >= 11 is 0. The second-order valence-electron chi connectivity index (χ2n) is 6.47. The SMILES string of the molecule is C/C(CC(=O)NC(C)(C)C)=N\NC(=O)c1ccco1.C=C=C=C=C=C=C.CC#CC. The van der Waals surface area contributed by atoms with E-state index in [2.05, 4.69) is 69.5 Å². The molecule has 6 heteroatoms. The van der Waals surface area contributed by atoms with Gasteiger partial charge in [-0.3, -0.25) is 9.59 Å². The van der Waals surface area contributed by atoms with E-state index in [1.807, 2.05) is 34.6 Å². The normalized spacial score (nSPS) is 8.93. The molecule has 6 nitrogen and oxygen atoms in total. The van der Waals surface area contributed by atoms with Gasteiger partial charge in [-0.05, 0) is 84.0 Å². The smallest absolute Gasteiger partial charge is 0.307 e. The molecular weight excluding hydrogens is 378 g/mol. The molecule has 0 saturated heterocycles.